The maximum atomic E-state index is 11.5. The second-order valence-electron chi connectivity index (χ2n) is 4.95. The largest absolute Gasteiger partial charge is 0.486 e. The third kappa shape index (κ3) is 3.33. The molecule has 0 saturated heterocycles. The fourth-order valence-corrected chi connectivity index (χ4v) is 2.74. The number of sulfonamides is 1. The van der Waals surface area contributed by atoms with Crippen molar-refractivity contribution in [3.8, 4) is 11.5 Å². The summed E-state index contributed by atoms with van der Waals surface area (Å²) in [6.07, 6.45) is 2.94. The summed E-state index contributed by atoms with van der Waals surface area (Å²) < 4.78 is 38.6. The number of hydrogen-bond donors (Lipinski definition) is 1. The predicted octanol–water partition coefficient (Wildman–Crippen LogP) is 1.48. The average Bonchev–Trinajstić information content (AvgIpc) is 2.93. The summed E-state index contributed by atoms with van der Waals surface area (Å²) >= 11 is 0. The highest BCUT2D eigenvalue weighted by Gasteiger charge is 2.21. The highest BCUT2D eigenvalue weighted by molar-refractivity contribution is 7.92. The molecule has 0 saturated carbocycles. The van der Waals surface area contributed by atoms with Crippen molar-refractivity contribution in [2.45, 2.75) is 19.6 Å². The van der Waals surface area contributed by atoms with Crippen LogP contribution >= 0.6 is 0 Å². The van der Waals surface area contributed by atoms with Crippen molar-refractivity contribution in [1.29, 1.82) is 0 Å². The standard InChI is InChI=1S/C14H17N3O4S/c1-2-22(18,19)16-11-7-15-17(8-11)9-12-10-20-13-5-3-4-6-14(13)21-12/h3-8,12,16H,2,9-10H2,1H3/t12-/m0/s1. The molecule has 1 aromatic carbocycles. The van der Waals surface area contributed by atoms with Crippen LogP contribution in [0, 0.1) is 0 Å². The minimum atomic E-state index is -3.29. The lowest BCUT2D eigenvalue weighted by atomic mass is 10.2. The lowest BCUT2D eigenvalue weighted by Gasteiger charge is -2.26. The Labute approximate surface area is 128 Å². The predicted molar refractivity (Wildman–Crippen MR) is 81.7 cm³/mol. The fraction of sp³-hybridized carbons (Fsp3) is 0.357. The number of benzene rings is 1. The van der Waals surface area contributed by atoms with E-state index in [-0.39, 0.29) is 11.9 Å². The van der Waals surface area contributed by atoms with E-state index in [0.717, 1.165) is 5.75 Å². The lowest BCUT2D eigenvalue weighted by molar-refractivity contribution is 0.0759. The molecule has 1 atom stereocenters. The Morgan fingerprint density at radius 1 is 1.36 bits per heavy atom. The molecule has 0 spiro atoms. The first-order chi connectivity index (χ1) is 10.6. The van der Waals surface area contributed by atoms with Crippen molar-refractivity contribution in [3.63, 3.8) is 0 Å². The van der Waals surface area contributed by atoms with E-state index in [1.807, 2.05) is 24.3 Å². The van der Waals surface area contributed by atoms with Crippen molar-refractivity contribution >= 4 is 15.7 Å². The van der Waals surface area contributed by atoms with Crippen molar-refractivity contribution in [2.75, 3.05) is 17.1 Å². The maximum absolute atomic E-state index is 11.5. The van der Waals surface area contributed by atoms with Gasteiger partial charge in [-0.15, -0.1) is 0 Å². The van der Waals surface area contributed by atoms with Crippen LogP contribution in [0.2, 0.25) is 0 Å². The molecule has 7 nitrogen and oxygen atoms in total. The molecule has 118 valence electrons. The Bertz CT molecular complexity index is 757. The van der Waals surface area contributed by atoms with Crippen molar-refractivity contribution in [1.82, 2.24) is 9.78 Å². The van der Waals surface area contributed by atoms with E-state index in [9.17, 15) is 8.42 Å². The van der Waals surface area contributed by atoms with Gasteiger partial charge in [0.1, 0.15) is 6.61 Å². The van der Waals surface area contributed by atoms with E-state index >= 15 is 0 Å². The number of ether oxygens (including phenoxy) is 2. The Balaban J connectivity index is 1.64. The zero-order valence-corrected chi connectivity index (χ0v) is 12.9. The fourth-order valence-electron chi connectivity index (χ4n) is 2.13. The van der Waals surface area contributed by atoms with E-state index in [1.54, 1.807) is 17.8 Å². The minimum absolute atomic E-state index is 0.0224. The van der Waals surface area contributed by atoms with Crippen LogP contribution < -0.4 is 14.2 Å². The Morgan fingerprint density at radius 2 is 2.14 bits per heavy atom. The van der Waals surface area contributed by atoms with E-state index < -0.39 is 10.0 Å². The van der Waals surface area contributed by atoms with Gasteiger partial charge in [0.05, 0.1) is 24.2 Å². The number of anilines is 1. The highest BCUT2D eigenvalue weighted by Crippen LogP contribution is 2.31. The number of fused-ring (bicyclic) bond motifs is 1. The molecule has 0 amide bonds. The number of nitrogens with one attached hydrogen (secondary N) is 1. The third-order valence-electron chi connectivity index (χ3n) is 3.24. The smallest absolute Gasteiger partial charge is 0.232 e. The number of para-hydroxylation sites is 2. The molecule has 0 radical (unpaired) electrons. The van der Waals surface area contributed by atoms with Crippen molar-refractivity contribution in [2.24, 2.45) is 0 Å². The Morgan fingerprint density at radius 3 is 2.91 bits per heavy atom. The topological polar surface area (TPSA) is 82.5 Å². The Hall–Kier alpha value is -2.22. The molecule has 0 unspecified atom stereocenters. The summed E-state index contributed by atoms with van der Waals surface area (Å²) in [5.74, 6) is 1.46. The summed E-state index contributed by atoms with van der Waals surface area (Å²) in [6.45, 7) is 2.48. The molecule has 22 heavy (non-hydrogen) atoms. The normalized spacial score (nSPS) is 17.2. The second kappa shape index (κ2) is 5.88. The van der Waals surface area contributed by atoms with Crippen LogP contribution in [0.5, 0.6) is 11.5 Å². The maximum Gasteiger partial charge on any atom is 0.232 e. The van der Waals surface area contributed by atoms with Crippen LogP contribution in [0.4, 0.5) is 5.69 Å². The lowest BCUT2D eigenvalue weighted by Crippen LogP contribution is -2.33. The third-order valence-corrected chi connectivity index (χ3v) is 4.55. The van der Waals surface area contributed by atoms with Crippen molar-refractivity contribution in [3.05, 3.63) is 36.7 Å². The first-order valence-electron chi connectivity index (χ1n) is 6.97. The average molecular weight is 323 g/mol. The van der Waals surface area contributed by atoms with Gasteiger partial charge in [0.2, 0.25) is 10.0 Å². The molecule has 1 aliphatic rings. The summed E-state index contributed by atoms with van der Waals surface area (Å²) in [5, 5.41) is 4.14. The molecular weight excluding hydrogens is 306 g/mol. The minimum Gasteiger partial charge on any atom is -0.486 e. The second-order valence-corrected chi connectivity index (χ2v) is 6.97. The van der Waals surface area contributed by atoms with Gasteiger partial charge in [0.25, 0.3) is 0 Å². The first kappa shape index (κ1) is 14.7. The summed E-state index contributed by atoms with van der Waals surface area (Å²) in [6, 6.07) is 7.49. The molecule has 0 fully saturated rings. The van der Waals surface area contributed by atoms with Crippen LogP contribution in [0.15, 0.2) is 36.7 Å². The Kier molecular flexibility index (Phi) is 3.93. The van der Waals surface area contributed by atoms with Crippen LogP contribution in [0.1, 0.15) is 6.92 Å². The van der Waals surface area contributed by atoms with Gasteiger partial charge < -0.3 is 9.47 Å². The summed E-state index contributed by atoms with van der Waals surface area (Å²) in [5.41, 5.74) is 0.443. The number of hydrogen-bond acceptors (Lipinski definition) is 5. The molecule has 1 N–H and O–H groups in total. The van der Waals surface area contributed by atoms with Gasteiger partial charge in [-0.3, -0.25) is 9.40 Å². The molecule has 0 bridgehead atoms. The highest BCUT2D eigenvalue weighted by atomic mass is 32.2. The monoisotopic (exact) mass is 323 g/mol. The molecule has 3 rings (SSSR count). The van der Waals surface area contributed by atoms with Crippen LogP contribution in [-0.2, 0) is 16.6 Å². The van der Waals surface area contributed by atoms with Gasteiger partial charge in [-0.2, -0.15) is 5.10 Å². The molecular formula is C14H17N3O4S. The van der Waals surface area contributed by atoms with Gasteiger partial charge in [-0.25, -0.2) is 8.42 Å². The zero-order valence-electron chi connectivity index (χ0n) is 12.1. The van der Waals surface area contributed by atoms with Crippen LogP contribution in [-0.4, -0.2) is 36.7 Å². The van der Waals surface area contributed by atoms with Gasteiger partial charge in [0.15, 0.2) is 17.6 Å². The van der Waals surface area contributed by atoms with Crippen molar-refractivity contribution < 1.29 is 17.9 Å². The van der Waals surface area contributed by atoms with Crippen LogP contribution in [0.3, 0.4) is 0 Å². The molecule has 1 aliphatic heterocycles. The number of rotatable bonds is 5. The SMILES string of the molecule is CCS(=O)(=O)Nc1cnn(C[C@H]2COc3ccccc3O2)c1. The summed E-state index contributed by atoms with van der Waals surface area (Å²) in [4.78, 5) is 0. The summed E-state index contributed by atoms with van der Waals surface area (Å²) in [7, 11) is -3.29. The molecule has 2 aromatic rings. The van der Waals surface area contributed by atoms with Crippen LogP contribution in [0.25, 0.3) is 0 Å². The molecule has 0 aliphatic carbocycles. The van der Waals surface area contributed by atoms with E-state index in [4.69, 9.17) is 9.47 Å². The first-order valence-corrected chi connectivity index (χ1v) is 8.62. The number of aromatic nitrogens is 2. The molecule has 1 aromatic heterocycles. The van der Waals surface area contributed by atoms with E-state index in [1.165, 1.54) is 6.20 Å². The number of nitrogens with zero attached hydrogens (tertiary/aromatic N) is 2. The van der Waals surface area contributed by atoms with Gasteiger partial charge in [-0.1, -0.05) is 12.1 Å². The molecule has 8 heteroatoms. The van der Waals surface area contributed by atoms with Gasteiger partial charge in [0, 0.05) is 6.20 Å². The van der Waals surface area contributed by atoms with E-state index in [0.29, 0.717) is 24.6 Å². The van der Waals surface area contributed by atoms with Gasteiger partial charge >= 0.3 is 0 Å². The zero-order chi connectivity index (χ0) is 15.6. The van der Waals surface area contributed by atoms with E-state index in [2.05, 4.69) is 9.82 Å². The van der Waals surface area contributed by atoms with Gasteiger partial charge in [-0.05, 0) is 19.1 Å². The quantitative estimate of drug-likeness (QED) is 0.901. The molecule has 2 heterocycles.